The van der Waals surface area contributed by atoms with Crippen LogP contribution < -0.4 is 32.9 Å². The fourth-order valence-corrected chi connectivity index (χ4v) is 8.43. The molecule has 0 saturated carbocycles. The molecule has 0 aliphatic heterocycles. The molecule has 3 rings (SSSR count). The second-order valence-corrected chi connectivity index (χ2v) is 14.3. The van der Waals surface area contributed by atoms with Crippen LogP contribution >= 0.6 is 23.1 Å². The number of thiophene rings is 1. The molecule has 10 N–H and O–H groups in total. The lowest BCUT2D eigenvalue weighted by molar-refractivity contribution is -0.134. The molecule has 0 aliphatic rings. The summed E-state index contributed by atoms with van der Waals surface area (Å²) in [5, 5.41) is 23.8. The van der Waals surface area contributed by atoms with Gasteiger partial charge in [0.25, 0.3) is 0 Å². The Hall–Kier alpha value is -4.16. The molecule has 2 aromatic carbocycles. The zero-order valence-corrected chi connectivity index (χ0v) is 28.8. The second-order valence-electron chi connectivity index (χ2n) is 10.2. The Morgan fingerprint density at radius 1 is 1.02 bits per heavy atom. The Balaban J connectivity index is 1.78. The number of unbranched alkanes of at least 4 members (excludes halogenated alkanes) is 2. The molecule has 0 saturated heterocycles. The van der Waals surface area contributed by atoms with Gasteiger partial charge in [-0.15, -0.1) is 23.1 Å². The molecular weight excluding hydrogens is 665 g/mol. The molecule has 17 heteroatoms. The van der Waals surface area contributed by atoms with Gasteiger partial charge in [0.15, 0.2) is 5.96 Å². The lowest BCUT2D eigenvalue weighted by Gasteiger charge is -2.18. The number of benzene rings is 2. The third-order valence-electron chi connectivity index (χ3n) is 6.64. The van der Waals surface area contributed by atoms with Gasteiger partial charge in [-0.1, -0.05) is 18.6 Å². The van der Waals surface area contributed by atoms with E-state index in [0.717, 1.165) is 11.3 Å². The third kappa shape index (κ3) is 10.7. The number of rotatable bonds is 17. The Morgan fingerprint density at radius 2 is 1.79 bits per heavy atom. The van der Waals surface area contributed by atoms with Crippen molar-refractivity contribution in [2.24, 2.45) is 11.5 Å². The van der Waals surface area contributed by atoms with Crippen LogP contribution in [0.4, 0.5) is 16.2 Å². The summed E-state index contributed by atoms with van der Waals surface area (Å²) < 4.78 is 32.9. The van der Waals surface area contributed by atoms with Crippen LogP contribution in [0, 0.1) is 17.7 Å². The minimum atomic E-state index is -3.99. The van der Waals surface area contributed by atoms with Crippen LogP contribution in [0.3, 0.4) is 0 Å². The van der Waals surface area contributed by atoms with Crippen LogP contribution in [0.15, 0.2) is 56.5 Å². The van der Waals surface area contributed by atoms with E-state index in [1.165, 1.54) is 37.1 Å². The summed E-state index contributed by atoms with van der Waals surface area (Å²) in [6.45, 7) is 2.79. The molecule has 0 atom stereocenters. The van der Waals surface area contributed by atoms with Crippen LogP contribution in [-0.2, 0) is 24.2 Å². The van der Waals surface area contributed by atoms with Crippen molar-refractivity contribution in [3.8, 4) is 11.1 Å². The highest BCUT2D eigenvalue weighted by Crippen LogP contribution is 2.39. The number of hydrogen-bond donors (Lipinski definition) is 8. The smallest absolute Gasteiger partial charge is 0.319 e. The minimum absolute atomic E-state index is 0.0363. The van der Waals surface area contributed by atoms with Gasteiger partial charge in [0, 0.05) is 31.3 Å². The number of carbonyl (C=O) groups excluding carboxylic acids is 2. The number of methoxy groups -OCH3 is 1. The van der Waals surface area contributed by atoms with Gasteiger partial charge in [-0.25, -0.2) is 18.7 Å². The summed E-state index contributed by atoms with van der Waals surface area (Å²) in [4.78, 5) is 30.2. The van der Waals surface area contributed by atoms with E-state index in [9.17, 15) is 18.0 Å². The molecule has 1 aromatic heterocycles. The van der Waals surface area contributed by atoms with E-state index in [2.05, 4.69) is 21.4 Å². The predicted molar refractivity (Wildman–Crippen MR) is 186 cm³/mol. The Labute approximate surface area is 282 Å². The second kappa shape index (κ2) is 17.7. The number of anilines is 2. The van der Waals surface area contributed by atoms with Gasteiger partial charge in [0.2, 0.25) is 15.7 Å². The number of carbonyl (C=O) groups is 2. The molecule has 3 aromatic rings. The van der Waals surface area contributed by atoms with Gasteiger partial charge in [0.1, 0.15) is 5.84 Å². The Morgan fingerprint density at radius 3 is 2.47 bits per heavy atom. The van der Waals surface area contributed by atoms with Gasteiger partial charge in [0.05, 0.1) is 37.8 Å². The summed E-state index contributed by atoms with van der Waals surface area (Å²) in [7, 11) is -2.45. The maximum Gasteiger partial charge on any atom is 0.319 e. The van der Waals surface area contributed by atoms with E-state index in [4.69, 9.17) is 31.9 Å². The number of aryl methyl sites for hydroxylation is 1. The summed E-state index contributed by atoms with van der Waals surface area (Å²) >= 11 is 2.40. The van der Waals surface area contributed by atoms with Gasteiger partial charge >= 0.3 is 6.03 Å². The number of nitrogen functional groups attached to an aromatic ring is 1. The van der Waals surface area contributed by atoms with Crippen molar-refractivity contribution in [2.45, 2.75) is 46.6 Å². The largest absolute Gasteiger partial charge is 0.383 e. The Kier molecular flexibility index (Phi) is 14.0. The van der Waals surface area contributed by atoms with Gasteiger partial charge < -0.3 is 32.2 Å². The van der Waals surface area contributed by atoms with Crippen LogP contribution in [0.1, 0.15) is 36.1 Å². The molecule has 0 bridgehead atoms. The average Bonchev–Trinajstić information content (AvgIpc) is 3.47. The normalized spacial score (nSPS) is 11.1. The maximum absolute atomic E-state index is 13.8. The first-order chi connectivity index (χ1) is 22.4. The quantitative estimate of drug-likeness (QED) is 0.0327. The molecule has 0 spiro atoms. The zero-order valence-electron chi connectivity index (χ0n) is 26.3. The molecule has 3 amide bonds. The van der Waals surface area contributed by atoms with Crippen molar-refractivity contribution in [3.63, 3.8) is 0 Å². The fraction of sp³-hybridized carbons (Fsp3) is 0.333. The van der Waals surface area contributed by atoms with E-state index in [-0.39, 0.29) is 40.5 Å². The number of urea groups is 1. The van der Waals surface area contributed by atoms with Crippen LogP contribution in [0.5, 0.6) is 0 Å². The third-order valence-corrected chi connectivity index (χ3v) is 11.0. The van der Waals surface area contributed by atoms with E-state index in [1.54, 1.807) is 37.4 Å². The topological polar surface area (TPSA) is 235 Å². The molecule has 0 aliphatic carbocycles. The summed E-state index contributed by atoms with van der Waals surface area (Å²) in [5.41, 5.74) is 16.2. The Bertz CT molecular complexity index is 1710. The van der Waals surface area contributed by atoms with Crippen molar-refractivity contribution >= 4 is 68.0 Å². The van der Waals surface area contributed by atoms with Crippen LogP contribution in [0.25, 0.3) is 11.1 Å². The van der Waals surface area contributed by atoms with Crippen molar-refractivity contribution in [3.05, 3.63) is 52.9 Å². The highest BCUT2D eigenvalue weighted by molar-refractivity contribution is 8.01. The first-order valence-electron chi connectivity index (χ1n) is 14.4. The molecule has 254 valence electrons. The first-order valence-corrected chi connectivity index (χ1v) is 18.0. The van der Waals surface area contributed by atoms with E-state index < -0.39 is 15.9 Å². The van der Waals surface area contributed by atoms with Crippen molar-refractivity contribution in [1.82, 2.24) is 10.8 Å². The van der Waals surface area contributed by atoms with E-state index in [0.29, 0.717) is 69.6 Å². The average molecular weight is 705 g/mol. The highest BCUT2D eigenvalue weighted by Gasteiger charge is 2.26. The minimum Gasteiger partial charge on any atom is -0.383 e. The molecule has 1 heterocycles. The standard InChI is InChI=1S/C30H40N8O6S3/c1-18-14-20(36-29(33)34)16-22(37-30(40)35-11-6-4-5-10-25(39)38-44-13-12-43-2)26(18)19-8-7-9-21(15-19)47(41,42)24-17-23(27(31)32)46-28(24)45-3/h7-9,14-17H,4-6,10-13H2,1-3H3,(H3,31,32)(H,38,39)(H4,33,34,36)(H2,35,37,40). The molecule has 47 heavy (non-hydrogen) atoms. The number of hydroxylamine groups is 1. The number of sulfone groups is 1. The van der Waals surface area contributed by atoms with Crippen molar-refractivity contribution in [1.29, 1.82) is 10.8 Å². The molecule has 14 nitrogen and oxygen atoms in total. The van der Waals surface area contributed by atoms with Gasteiger partial charge in [-0.3, -0.25) is 20.5 Å². The molecular formula is C30H40N8O6S3. The number of thioether (sulfide) groups is 1. The molecule has 0 fully saturated rings. The predicted octanol–water partition coefficient (Wildman–Crippen LogP) is 4.24. The zero-order chi connectivity index (χ0) is 34.6. The maximum atomic E-state index is 13.8. The first kappa shape index (κ1) is 37.3. The van der Waals surface area contributed by atoms with Crippen molar-refractivity contribution < 1.29 is 27.6 Å². The number of ether oxygens (including phenoxy) is 1. The number of amides is 3. The highest BCUT2D eigenvalue weighted by atomic mass is 32.2. The van der Waals surface area contributed by atoms with Crippen LogP contribution in [-0.4, -0.2) is 65.3 Å². The number of amidine groups is 1. The molecule has 0 unspecified atom stereocenters. The van der Waals surface area contributed by atoms with Gasteiger partial charge in [-0.2, -0.15) is 0 Å². The summed E-state index contributed by atoms with van der Waals surface area (Å²) in [6, 6.07) is 10.7. The van der Waals surface area contributed by atoms with E-state index in [1.807, 2.05) is 0 Å². The summed E-state index contributed by atoms with van der Waals surface area (Å²) in [6.07, 6.45) is 4.00. The lowest BCUT2D eigenvalue weighted by atomic mass is 9.97. The summed E-state index contributed by atoms with van der Waals surface area (Å²) in [5.74, 6) is -0.732. The van der Waals surface area contributed by atoms with Gasteiger partial charge in [-0.05, 0) is 67.5 Å². The molecule has 0 radical (unpaired) electrons. The monoisotopic (exact) mass is 704 g/mol. The number of nitrogens with two attached hydrogens (primary N) is 2. The SMILES string of the molecule is COCCONC(=O)CCCCCNC(=O)Nc1cc(NC(=N)N)cc(C)c1-c1cccc(S(=O)(=O)c2cc(C(=N)N)sc2SC)c1. The lowest BCUT2D eigenvalue weighted by Crippen LogP contribution is -2.30. The van der Waals surface area contributed by atoms with Crippen LogP contribution in [0.2, 0.25) is 0 Å². The van der Waals surface area contributed by atoms with E-state index >= 15 is 0 Å². The number of hydrogen-bond acceptors (Lipinski definition) is 10. The fourth-order valence-electron chi connectivity index (χ4n) is 4.53. The number of nitrogens with one attached hydrogen (secondary N) is 6. The van der Waals surface area contributed by atoms with Crippen molar-refractivity contribution in [2.75, 3.05) is 43.8 Å². The number of guanidine groups is 1.